The average molecular weight is 287 g/mol. The first kappa shape index (κ1) is 15.6. The molecule has 0 unspecified atom stereocenters. The summed E-state index contributed by atoms with van der Waals surface area (Å²) < 4.78 is 2.24. The van der Waals surface area contributed by atoms with Crippen molar-refractivity contribution < 1.29 is 4.79 Å². The zero-order valence-corrected chi connectivity index (χ0v) is 13.2. The number of rotatable bonds is 7. The van der Waals surface area contributed by atoms with Gasteiger partial charge in [0, 0.05) is 45.3 Å². The number of nitrogens with one attached hydrogen (secondary N) is 1. The van der Waals surface area contributed by atoms with Crippen LogP contribution in [0.25, 0.3) is 10.9 Å². The number of carbonyl (C=O) groups excluding carboxylic acids is 1. The molecule has 1 aromatic carbocycles. The van der Waals surface area contributed by atoms with Gasteiger partial charge in [-0.3, -0.25) is 4.79 Å². The first-order valence-corrected chi connectivity index (χ1v) is 7.60. The van der Waals surface area contributed by atoms with Crippen LogP contribution < -0.4 is 5.32 Å². The Labute approximate surface area is 126 Å². The normalized spacial score (nSPS) is 11.0. The quantitative estimate of drug-likeness (QED) is 0.850. The molecule has 0 aliphatic heterocycles. The van der Waals surface area contributed by atoms with E-state index in [9.17, 15) is 4.79 Å². The van der Waals surface area contributed by atoms with Crippen LogP contribution in [0.15, 0.2) is 30.5 Å². The summed E-state index contributed by atoms with van der Waals surface area (Å²) >= 11 is 0. The number of nitrogens with zero attached hydrogens (tertiary/aromatic N) is 2. The molecule has 0 saturated heterocycles. The van der Waals surface area contributed by atoms with Crippen LogP contribution in [0, 0.1) is 0 Å². The molecule has 4 nitrogen and oxygen atoms in total. The molecular weight excluding hydrogens is 262 g/mol. The van der Waals surface area contributed by atoms with E-state index in [1.807, 2.05) is 0 Å². The third kappa shape index (κ3) is 4.08. The van der Waals surface area contributed by atoms with Gasteiger partial charge in [-0.1, -0.05) is 19.1 Å². The van der Waals surface area contributed by atoms with Crippen molar-refractivity contribution in [2.24, 2.45) is 0 Å². The van der Waals surface area contributed by atoms with Crippen LogP contribution in [0.4, 0.5) is 0 Å². The molecule has 114 valence electrons. The number of benzene rings is 1. The van der Waals surface area contributed by atoms with E-state index in [1.165, 1.54) is 16.5 Å². The zero-order valence-electron chi connectivity index (χ0n) is 13.2. The predicted molar refractivity (Wildman–Crippen MR) is 87.2 cm³/mol. The minimum Gasteiger partial charge on any atom is -0.349 e. The Morgan fingerprint density at radius 3 is 2.81 bits per heavy atom. The van der Waals surface area contributed by atoms with E-state index in [2.05, 4.69) is 47.3 Å². The van der Waals surface area contributed by atoms with E-state index in [4.69, 9.17) is 0 Å². The molecule has 1 amide bonds. The monoisotopic (exact) mass is 287 g/mol. The highest BCUT2D eigenvalue weighted by atomic mass is 16.2. The molecule has 0 aliphatic rings. The van der Waals surface area contributed by atoms with Crippen LogP contribution in [0.2, 0.25) is 0 Å². The van der Waals surface area contributed by atoms with Crippen molar-refractivity contribution in [2.75, 3.05) is 20.6 Å². The molecule has 0 saturated carbocycles. The number of hydrogen-bond acceptors (Lipinski definition) is 2. The second kappa shape index (κ2) is 7.27. The summed E-state index contributed by atoms with van der Waals surface area (Å²) in [4.78, 5) is 13.3. The molecule has 2 aromatic rings. The molecule has 0 spiro atoms. The van der Waals surface area contributed by atoms with E-state index < -0.39 is 0 Å². The van der Waals surface area contributed by atoms with Gasteiger partial charge in [0.05, 0.1) is 0 Å². The van der Waals surface area contributed by atoms with Gasteiger partial charge in [-0.15, -0.1) is 0 Å². The Balaban J connectivity index is 2.04. The molecular formula is C17H25N3O. The number of carbonyl (C=O) groups is 1. The Morgan fingerprint density at radius 1 is 1.29 bits per heavy atom. The Bertz CT molecular complexity index is 601. The van der Waals surface area contributed by atoms with Gasteiger partial charge in [0.25, 0.3) is 0 Å². The molecule has 21 heavy (non-hydrogen) atoms. The van der Waals surface area contributed by atoms with Gasteiger partial charge in [-0.2, -0.15) is 0 Å². The van der Waals surface area contributed by atoms with Gasteiger partial charge >= 0.3 is 0 Å². The maximum atomic E-state index is 11.6. The highest BCUT2D eigenvalue weighted by Gasteiger charge is 2.06. The van der Waals surface area contributed by atoms with Gasteiger partial charge in [0.15, 0.2) is 0 Å². The molecule has 0 aliphatic carbocycles. The standard InChI is InChI=1S/C17H25N3O/c1-4-18-13-14-7-8-15-9-11-20(16(15)12-14)10-5-6-17(21)19(2)3/h7-9,11-12,18H,4-6,10,13H2,1-3H3. The summed E-state index contributed by atoms with van der Waals surface area (Å²) in [5.74, 6) is 0.194. The van der Waals surface area contributed by atoms with Crippen molar-refractivity contribution in [3.05, 3.63) is 36.0 Å². The van der Waals surface area contributed by atoms with Crippen LogP contribution in [0.1, 0.15) is 25.3 Å². The van der Waals surface area contributed by atoms with Gasteiger partial charge in [-0.25, -0.2) is 0 Å². The second-order valence-electron chi connectivity index (χ2n) is 5.57. The third-order valence-corrected chi connectivity index (χ3v) is 3.71. The summed E-state index contributed by atoms with van der Waals surface area (Å²) in [5.41, 5.74) is 2.55. The lowest BCUT2D eigenvalue weighted by Gasteiger charge is -2.11. The molecule has 0 bridgehead atoms. The number of aryl methyl sites for hydroxylation is 1. The minimum atomic E-state index is 0.194. The first-order chi connectivity index (χ1) is 10.1. The smallest absolute Gasteiger partial charge is 0.222 e. The van der Waals surface area contributed by atoms with Crippen molar-refractivity contribution in [1.29, 1.82) is 0 Å². The lowest BCUT2D eigenvalue weighted by atomic mass is 10.1. The molecule has 0 radical (unpaired) electrons. The fourth-order valence-electron chi connectivity index (χ4n) is 2.43. The van der Waals surface area contributed by atoms with Gasteiger partial charge in [0.1, 0.15) is 0 Å². The van der Waals surface area contributed by atoms with Gasteiger partial charge in [0.2, 0.25) is 5.91 Å². The summed E-state index contributed by atoms with van der Waals surface area (Å²) in [6, 6.07) is 8.72. The lowest BCUT2D eigenvalue weighted by Crippen LogP contribution is -2.21. The average Bonchev–Trinajstić information content (AvgIpc) is 2.87. The molecule has 1 aromatic heterocycles. The van der Waals surface area contributed by atoms with Gasteiger partial charge < -0.3 is 14.8 Å². The van der Waals surface area contributed by atoms with E-state index in [1.54, 1.807) is 19.0 Å². The maximum Gasteiger partial charge on any atom is 0.222 e. The number of aromatic nitrogens is 1. The van der Waals surface area contributed by atoms with Crippen molar-refractivity contribution >= 4 is 16.8 Å². The Morgan fingerprint density at radius 2 is 2.10 bits per heavy atom. The summed E-state index contributed by atoms with van der Waals surface area (Å²) in [5, 5.41) is 4.61. The van der Waals surface area contributed by atoms with Crippen molar-refractivity contribution in [3.63, 3.8) is 0 Å². The number of hydrogen-bond donors (Lipinski definition) is 1. The summed E-state index contributed by atoms with van der Waals surface area (Å²) in [6.45, 7) is 4.87. The fraction of sp³-hybridized carbons (Fsp3) is 0.471. The SMILES string of the molecule is CCNCc1ccc2ccn(CCCC(=O)N(C)C)c2c1. The summed E-state index contributed by atoms with van der Waals surface area (Å²) in [6.07, 6.45) is 3.59. The molecule has 1 N–H and O–H groups in total. The Hall–Kier alpha value is -1.81. The maximum absolute atomic E-state index is 11.6. The van der Waals surface area contributed by atoms with E-state index >= 15 is 0 Å². The fourth-order valence-corrected chi connectivity index (χ4v) is 2.43. The van der Waals surface area contributed by atoms with Crippen molar-refractivity contribution in [3.8, 4) is 0 Å². The summed E-state index contributed by atoms with van der Waals surface area (Å²) in [7, 11) is 3.61. The van der Waals surface area contributed by atoms with Crippen LogP contribution in [0.3, 0.4) is 0 Å². The molecule has 0 atom stereocenters. The highest BCUT2D eigenvalue weighted by Crippen LogP contribution is 2.18. The number of fused-ring (bicyclic) bond motifs is 1. The lowest BCUT2D eigenvalue weighted by molar-refractivity contribution is -0.128. The topological polar surface area (TPSA) is 37.3 Å². The molecule has 4 heteroatoms. The second-order valence-corrected chi connectivity index (χ2v) is 5.57. The molecule has 0 fully saturated rings. The van der Waals surface area contributed by atoms with Crippen LogP contribution in [0.5, 0.6) is 0 Å². The molecule has 1 heterocycles. The van der Waals surface area contributed by atoms with E-state index in [0.29, 0.717) is 6.42 Å². The van der Waals surface area contributed by atoms with Crippen molar-refractivity contribution in [2.45, 2.75) is 32.9 Å². The zero-order chi connectivity index (χ0) is 15.2. The van der Waals surface area contributed by atoms with Crippen LogP contribution in [-0.4, -0.2) is 36.0 Å². The third-order valence-electron chi connectivity index (χ3n) is 3.71. The van der Waals surface area contributed by atoms with E-state index in [-0.39, 0.29) is 5.91 Å². The van der Waals surface area contributed by atoms with Gasteiger partial charge in [-0.05, 0) is 36.0 Å². The van der Waals surface area contributed by atoms with Crippen LogP contribution in [-0.2, 0) is 17.9 Å². The first-order valence-electron chi connectivity index (χ1n) is 7.60. The molecule has 2 rings (SSSR count). The van der Waals surface area contributed by atoms with E-state index in [0.717, 1.165) is 26.1 Å². The number of amides is 1. The predicted octanol–water partition coefficient (Wildman–Crippen LogP) is 2.62. The van der Waals surface area contributed by atoms with Crippen LogP contribution >= 0.6 is 0 Å². The minimum absolute atomic E-state index is 0.194. The Kier molecular flexibility index (Phi) is 5.39. The highest BCUT2D eigenvalue weighted by molar-refractivity contribution is 5.81. The largest absolute Gasteiger partial charge is 0.349 e. The van der Waals surface area contributed by atoms with Crippen molar-refractivity contribution in [1.82, 2.24) is 14.8 Å².